The Kier molecular flexibility index (Phi) is 11.2. The van der Waals surface area contributed by atoms with E-state index < -0.39 is 8.07 Å². The molecule has 75 heavy (non-hydrogen) atoms. The number of pyridine rings is 1. The van der Waals surface area contributed by atoms with Gasteiger partial charge in [0, 0.05) is 51.1 Å². The smallest absolute Gasteiger partial charge is 0.137 e. The first kappa shape index (κ1) is 48.3. The quantitative estimate of drug-likeness (QED) is 0.156. The van der Waals surface area contributed by atoms with Crippen LogP contribution < -0.4 is 14.8 Å². The molecule has 0 fully saturated rings. The van der Waals surface area contributed by atoms with Crippen molar-refractivity contribution in [2.75, 3.05) is 4.90 Å². The molecule has 8 aromatic carbocycles. The molecule has 0 amide bonds. The van der Waals surface area contributed by atoms with Crippen LogP contribution in [-0.4, -0.2) is 22.2 Å². The van der Waals surface area contributed by atoms with E-state index in [1.165, 1.54) is 81.7 Å². The summed E-state index contributed by atoms with van der Waals surface area (Å²) < 4.78 is 11.9. The third kappa shape index (κ3) is 8.44. The number of fused-ring (bicyclic) bond motifs is 10. The summed E-state index contributed by atoms with van der Waals surface area (Å²) in [6.45, 7) is 28.9. The van der Waals surface area contributed by atoms with Crippen LogP contribution in [0.25, 0.3) is 82.1 Å². The van der Waals surface area contributed by atoms with E-state index in [0.29, 0.717) is 6.67 Å². The maximum Gasteiger partial charge on any atom is 0.137 e. The summed E-state index contributed by atoms with van der Waals surface area (Å²) in [6, 6.07) is 65.6. The van der Waals surface area contributed by atoms with Gasteiger partial charge in [-0.25, -0.2) is 4.98 Å². The number of ether oxygens (including phenoxy) is 1. The first-order valence-electron chi connectivity index (χ1n) is 26.7. The van der Waals surface area contributed by atoms with Crippen molar-refractivity contribution in [1.29, 1.82) is 0 Å². The lowest BCUT2D eigenvalue weighted by Gasteiger charge is -2.27. The van der Waals surface area contributed by atoms with E-state index in [0.717, 1.165) is 45.1 Å². The number of nitrogens with zero attached hydrogens (tertiary/aromatic N) is 4. The van der Waals surface area contributed by atoms with Gasteiger partial charge in [0.05, 0.1) is 35.8 Å². The Bertz CT molecular complexity index is 4150. The Labute approximate surface area is 443 Å². The monoisotopic (exact) mass is 997 g/mol. The Morgan fingerprint density at radius 1 is 0.453 bits per heavy atom. The molecule has 0 atom stereocenters. The third-order valence-electron chi connectivity index (χ3n) is 15.7. The zero-order valence-corrected chi connectivity index (χ0v) is 46.7. The van der Waals surface area contributed by atoms with Gasteiger partial charge >= 0.3 is 0 Å². The molecule has 0 N–H and O–H groups in total. The molecule has 0 aliphatic carbocycles. The molecule has 374 valence electrons. The van der Waals surface area contributed by atoms with Crippen molar-refractivity contribution in [2.45, 2.75) is 105 Å². The minimum atomic E-state index is -1.77. The van der Waals surface area contributed by atoms with Crippen molar-refractivity contribution in [3.63, 3.8) is 0 Å². The normalized spacial score (nSPS) is 13.3. The van der Waals surface area contributed by atoms with Gasteiger partial charge in [-0.15, -0.1) is 0 Å². The standard InChI is InChI=1S/C69H68N4OSi/c1-67(2,3)45-33-34-70-64(40-45)73-61-29-18-17-27-56(61)57-32-31-50(42-63(57)73)74-49-22-19-21-48(41-49)71-43-72-65-59(44-35-46(68(4,5)6)37-51(36-44)75(10,11)12)38-47(69(7,8)9)39-60(65)55-26-16-14-24-53(55)52-23-13-15-25-54(52)58-28-20-30-62(71)66(58)72/h13-42H,43H2,1-12H3. The molecule has 4 heterocycles. The van der Waals surface area contributed by atoms with E-state index in [9.17, 15) is 0 Å². The molecule has 5 nitrogen and oxygen atoms in total. The predicted molar refractivity (Wildman–Crippen MR) is 324 cm³/mol. The van der Waals surface area contributed by atoms with E-state index >= 15 is 0 Å². The van der Waals surface area contributed by atoms with Crippen molar-refractivity contribution in [2.24, 2.45) is 0 Å². The summed E-state index contributed by atoms with van der Waals surface area (Å²) >= 11 is 0. The number of para-hydroxylation sites is 2. The Hall–Kier alpha value is -7.67. The fraction of sp³-hybridized carbons (Fsp3) is 0.232. The van der Waals surface area contributed by atoms with Gasteiger partial charge in [-0.05, 0) is 121 Å². The lowest BCUT2D eigenvalue weighted by molar-refractivity contribution is 0.483. The molecule has 0 bridgehead atoms. The number of rotatable bonds is 6. The summed E-state index contributed by atoms with van der Waals surface area (Å²) in [4.78, 5) is 7.43. The highest BCUT2D eigenvalue weighted by Crippen LogP contribution is 2.47. The molecule has 0 unspecified atom stereocenters. The van der Waals surface area contributed by atoms with Crippen molar-refractivity contribution >= 4 is 89.8 Å². The van der Waals surface area contributed by atoms with E-state index in [-0.39, 0.29) is 16.2 Å². The van der Waals surface area contributed by atoms with Crippen LogP contribution in [0.1, 0.15) is 79.0 Å². The number of aromatic nitrogens is 3. The average molecular weight is 997 g/mol. The first-order valence-corrected chi connectivity index (χ1v) is 30.2. The van der Waals surface area contributed by atoms with Gasteiger partial charge in [0.2, 0.25) is 0 Å². The van der Waals surface area contributed by atoms with Crippen LogP contribution in [0.5, 0.6) is 11.5 Å². The SMILES string of the molecule is CC(C)(C)c1cc(-c2cc(C(C)(C)C)cc3c4ccccc4c4ccccc4c4cccc5c4n(c23)CN5c2cccc(Oc3ccc4c5ccccc5n(-c5cc(C(C)(C)C)ccn5)c4c3)c2)cc([Si](C)(C)C)c1. The van der Waals surface area contributed by atoms with Crippen LogP contribution in [0.15, 0.2) is 182 Å². The van der Waals surface area contributed by atoms with Crippen molar-refractivity contribution < 1.29 is 4.74 Å². The minimum absolute atomic E-state index is 0.0213. The van der Waals surface area contributed by atoms with Gasteiger partial charge in [0.1, 0.15) is 24.0 Å². The zero-order chi connectivity index (χ0) is 52.3. The van der Waals surface area contributed by atoms with Gasteiger partial charge < -0.3 is 14.2 Å². The highest BCUT2D eigenvalue weighted by molar-refractivity contribution is 6.88. The van der Waals surface area contributed by atoms with Gasteiger partial charge in [-0.3, -0.25) is 4.57 Å². The summed E-state index contributed by atoms with van der Waals surface area (Å²) in [5.41, 5.74) is 13.1. The molecular weight excluding hydrogens is 929 g/mol. The average Bonchev–Trinajstić information content (AvgIpc) is 3.96. The molecule has 0 spiro atoms. The fourth-order valence-electron chi connectivity index (χ4n) is 11.4. The molecule has 1 aliphatic rings. The molecule has 0 radical (unpaired) electrons. The van der Waals surface area contributed by atoms with Crippen molar-refractivity contribution in [1.82, 2.24) is 14.1 Å². The number of hydrogen-bond acceptors (Lipinski definition) is 3. The largest absolute Gasteiger partial charge is 0.457 e. The van der Waals surface area contributed by atoms with Gasteiger partial charge in [0.25, 0.3) is 0 Å². The van der Waals surface area contributed by atoms with Gasteiger partial charge in [0.15, 0.2) is 0 Å². The van der Waals surface area contributed by atoms with E-state index in [2.05, 4.69) is 272 Å². The van der Waals surface area contributed by atoms with E-state index in [1.807, 2.05) is 6.20 Å². The fourth-order valence-corrected chi connectivity index (χ4v) is 12.6. The summed E-state index contributed by atoms with van der Waals surface area (Å²) in [5.74, 6) is 2.43. The maximum absolute atomic E-state index is 6.96. The summed E-state index contributed by atoms with van der Waals surface area (Å²) in [6.07, 6.45) is 1.93. The van der Waals surface area contributed by atoms with Crippen LogP contribution in [0.4, 0.5) is 11.4 Å². The number of anilines is 2. The molecule has 0 saturated carbocycles. The Morgan fingerprint density at radius 3 is 1.72 bits per heavy atom. The molecule has 12 rings (SSSR count). The highest BCUT2D eigenvalue weighted by atomic mass is 28.3. The second-order valence-electron chi connectivity index (χ2n) is 25.0. The minimum Gasteiger partial charge on any atom is -0.457 e. The van der Waals surface area contributed by atoms with Crippen LogP contribution in [0, 0.1) is 0 Å². The Balaban J connectivity index is 1.09. The molecule has 6 heteroatoms. The zero-order valence-electron chi connectivity index (χ0n) is 45.7. The molecule has 3 aromatic heterocycles. The molecule has 0 saturated heterocycles. The predicted octanol–water partition coefficient (Wildman–Crippen LogP) is 18.7. The second-order valence-corrected chi connectivity index (χ2v) is 30.1. The molecule has 1 aliphatic heterocycles. The van der Waals surface area contributed by atoms with E-state index in [4.69, 9.17) is 9.72 Å². The lowest BCUT2D eigenvalue weighted by atomic mass is 9.82. The maximum atomic E-state index is 6.96. The van der Waals surface area contributed by atoms with Crippen molar-refractivity contribution in [3.8, 4) is 28.4 Å². The Morgan fingerprint density at radius 2 is 1.04 bits per heavy atom. The second kappa shape index (κ2) is 17.5. The number of hydrogen-bond donors (Lipinski definition) is 0. The van der Waals surface area contributed by atoms with Crippen LogP contribution >= 0.6 is 0 Å². The third-order valence-corrected chi connectivity index (χ3v) is 17.7. The van der Waals surface area contributed by atoms with E-state index in [1.54, 1.807) is 0 Å². The van der Waals surface area contributed by atoms with Crippen LogP contribution in [-0.2, 0) is 22.9 Å². The topological polar surface area (TPSA) is 35.2 Å². The van der Waals surface area contributed by atoms with Crippen molar-refractivity contribution in [3.05, 3.63) is 199 Å². The lowest BCUT2D eigenvalue weighted by Crippen LogP contribution is -2.38. The highest BCUT2D eigenvalue weighted by Gasteiger charge is 2.29. The first-order chi connectivity index (χ1) is 35.7. The number of benzene rings is 8. The summed E-state index contributed by atoms with van der Waals surface area (Å²) in [7, 11) is -1.77. The van der Waals surface area contributed by atoms with Crippen LogP contribution in [0.2, 0.25) is 19.6 Å². The van der Waals surface area contributed by atoms with Crippen LogP contribution in [0.3, 0.4) is 0 Å². The summed E-state index contributed by atoms with van der Waals surface area (Å²) in [5, 5.41) is 11.2. The molecule has 11 aromatic rings. The van der Waals surface area contributed by atoms with Gasteiger partial charge in [-0.2, -0.15) is 0 Å². The van der Waals surface area contributed by atoms with Gasteiger partial charge in [-0.1, -0.05) is 190 Å². The molecular formula is C69H68N4OSi.